The fraction of sp³-hybridized carbons (Fsp3) is 0. The van der Waals surface area contributed by atoms with Crippen LogP contribution in [0.5, 0.6) is 0 Å². The van der Waals surface area contributed by atoms with Crippen LogP contribution in [0.3, 0.4) is 0 Å². The van der Waals surface area contributed by atoms with E-state index in [4.69, 9.17) is 10.4 Å². The zero-order valence-electron chi connectivity index (χ0n) is 7.52. The quantitative estimate of drug-likeness (QED) is 0.482. The Bertz CT molecular complexity index is 453. The van der Waals surface area contributed by atoms with Crippen molar-refractivity contribution >= 4 is 11.5 Å². The van der Waals surface area contributed by atoms with Gasteiger partial charge in [-0.15, -0.1) is 0 Å². The van der Waals surface area contributed by atoms with Crippen molar-refractivity contribution in [1.29, 1.82) is 0 Å². The molecule has 1 aromatic carbocycles. The molecular formula is C9H8N2O4. The number of fused-ring (bicyclic) bond motifs is 1. The molecule has 1 aliphatic rings. The Morgan fingerprint density at radius 1 is 1.27 bits per heavy atom. The smallest absolute Gasteiger partial charge is 0.252 e. The summed E-state index contributed by atoms with van der Waals surface area (Å²) in [6.07, 6.45) is 0. The van der Waals surface area contributed by atoms with E-state index >= 15 is 0 Å². The number of hydroxylamine groups is 3. The number of rotatable bonds is 2. The Kier molecular flexibility index (Phi) is 2.25. The molecule has 0 spiro atoms. The van der Waals surface area contributed by atoms with Crippen LogP contribution in [0.1, 0.15) is 15.9 Å². The Morgan fingerprint density at radius 3 is 2.40 bits per heavy atom. The molecule has 78 valence electrons. The SMILES string of the molecule is O=C1C([NH+]([O-])O)=C(NO)c2ccccc21. The number of hydrogen-bond acceptors (Lipinski definition) is 5. The Labute approximate surface area is 84.5 Å². The minimum Gasteiger partial charge on any atom is -0.595 e. The Balaban J connectivity index is 2.64. The highest BCUT2D eigenvalue weighted by Gasteiger charge is 2.34. The number of carbonyl (C=O) groups is 1. The summed E-state index contributed by atoms with van der Waals surface area (Å²) in [5.41, 5.74) is 1.96. The third kappa shape index (κ3) is 1.32. The van der Waals surface area contributed by atoms with Crippen LogP contribution in [0, 0.1) is 5.21 Å². The molecule has 0 saturated heterocycles. The van der Waals surface area contributed by atoms with Crippen molar-refractivity contribution in [2.45, 2.75) is 0 Å². The lowest BCUT2D eigenvalue weighted by Gasteiger charge is -2.12. The molecule has 2 rings (SSSR count). The second kappa shape index (κ2) is 3.44. The summed E-state index contributed by atoms with van der Waals surface area (Å²) < 4.78 is 0. The van der Waals surface area contributed by atoms with Crippen LogP contribution in [-0.4, -0.2) is 16.2 Å². The van der Waals surface area contributed by atoms with Crippen LogP contribution < -0.4 is 10.7 Å². The van der Waals surface area contributed by atoms with Crippen LogP contribution in [-0.2, 0) is 0 Å². The van der Waals surface area contributed by atoms with Gasteiger partial charge in [0.15, 0.2) is 0 Å². The molecule has 6 heteroatoms. The number of quaternary nitrogens is 1. The van der Waals surface area contributed by atoms with E-state index in [-0.39, 0.29) is 11.3 Å². The van der Waals surface area contributed by atoms with Gasteiger partial charge in [-0.1, -0.05) is 24.3 Å². The average Bonchev–Trinajstić information content (AvgIpc) is 2.52. The zero-order chi connectivity index (χ0) is 11.0. The van der Waals surface area contributed by atoms with Gasteiger partial charge in [0, 0.05) is 11.1 Å². The standard InChI is InChI=1S/C9H8N2O4/c12-9-6-4-2-1-3-5(6)7(10-13)8(9)11(14)15/h1-4,10-11,13-14H. The van der Waals surface area contributed by atoms with Crippen molar-refractivity contribution in [1.82, 2.24) is 5.48 Å². The molecule has 1 aliphatic carbocycles. The number of hydrogen-bond donors (Lipinski definition) is 4. The highest BCUT2D eigenvalue weighted by molar-refractivity contribution is 6.18. The highest BCUT2D eigenvalue weighted by Crippen LogP contribution is 2.27. The van der Waals surface area contributed by atoms with Gasteiger partial charge in [0.1, 0.15) is 5.70 Å². The molecule has 0 bridgehead atoms. The first-order chi connectivity index (χ1) is 7.16. The zero-order valence-corrected chi connectivity index (χ0v) is 7.52. The summed E-state index contributed by atoms with van der Waals surface area (Å²) in [5.74, 6) is -0.588. The molecule has 0 saturated carbocycles. The Hall–Kier alpha value is -1.73. The molecule has 1 aromatic rings. The number of nitrogens with one attached hydrogen (secondary N) is 2. The summed E-state index contributed by atoms with van der Waals surface area (Å²) in [7, 11) is 0. The number of Topliss-reactive ketones (excluding diaryl/α,β-unsaturated/α-hetero) is 1. The highest BCUT2D eigenvalue weighted by atomic mass is 16.8. The summed E-state index contributed by atoms with van der Waals surface area (Å²) in [6, 6.07) is 6.39. The topological polar surface area (TPSA) is 97.1 Å². The van der Waals surface area contributed by atoms with E-state index < -0.39 is 16.7 Å². The van der Waals surface area contributed by atoms with E-state index in [1.54, 1.807) is 23.7 Å². The Morgan fingerprint density at radius 2 is 1.87 bits per heavy atom. The van der Waals surface area contributed by atoms with E-state index in [0.717, 1.165) is 0 Å². The lowest BCUT2D eigenvalue weighted by atomic mass is 10.1. The van der Waals surface area contributed by atoms with Gasteiger partial charge < -0.3 is 5.21 Å². The monoisotopic (exact) mass is 208 g/mol. The normalized spacial score (nSPS) is 16.6. The van der Waals surface area contributed by atoms with Crippen LogP contribution in [0.2, 0.25) is 0 Å². The van der Waals surface area contributed by atoms with Gasteiger partial charge in [-0.2, -0.15) is 5.23 Å². The lowest BCUT2D eigenvalue weighted by Crippen LogP contribution is -3.03. The van der Waals surface area contributed by atoms with Crippen molar-refractivity contribution < 1.29 is 20.4 Å². The maximum atomic E-state index is 11.6. The predicted octanol–water partition coefficient (Wildman–Crippen LogP) is -0.698. The molecule has 0 heterocycles. The van der Waals surface area contributed by atoms with Gasteiger partial charge in [0.05, 0.1) is 0 Å². The van der Waals surface area contributed by atoms with Gasteiger partial charge in [-0.3, -0.25) is 15.5 Å². The fourth-order valence-electron chi connectivity index (χ4n) is 1.60. The molecule has 1 atom stereocenters. The van der Waals surface area contributed by atoms with Crippen LogP contribution in [0.4, 0.5) is 0 Å². The summed E-state index contributed by atoms with van der Waals surface area (Å²) in [4.78, 5) is 11.6. The molecule has 4 N–H and O–H groups in total. The van der Waals surface area contributed by atoms with Gasteiger partial charge in [0.25, 0.3) is 5.78 Å². The van der Waals surface area contributed by atoms with Gasteiger partial charge >= 0.3 is 0 Å². The van der Waals surface area contributed by atoms with Crippen molar-refractivity contribution in [2.75, 3.05) is 0 Å². The van der Waals surface area contributed by atoms with Gasteiger partial charge in [-0.05, 0) is 0 Å². The lowest BCUT2D eigenvalue weighted by molar-refractivity contribution is -1.01. The van der Waals surface area contributed by atoms with E-state index in [0.29, 0.717) is 5.56 Å². The second-order valence-corrected chi connectivity index (χ2v) is 3.04. The average molecular weight is 208 g/mol. The van der Waals surface area contributed by atoms with Gasteiger partial charge in [-0.25, -0.2) is 5.21 Å². The van der Waals surface area contributed by atoms with E-state index in [2.05, 4.69) is 0 Å². The molecule has 6 nitrogen and oxygen atoms in total. The van der Waals surface area contributed by atoms with E-state index in [9.17, 15) is 10.0 Å². The number of benzene rings is 1. The van der Waals surface area contributed by atoms with Crippen molar-refractivity contribution in [2.24, 2.45) is 0 Å². The summed E-state index contributed by atoms with van der Waals surface area (Å²) >= 11 is 0. The maximum absolute atomic E-state index is 11.6. The molecular weight excluding hydrogens is 200 g/mol. The molecule has 0 fully saturated rings. The molecule has 0 radical (unpaired) electrons. The first-order valence-corrected chi connectivity index (χ1v) is 4.18. The largest absolute Gasteiger partial charge is 0.595 e. The molecule has 0 amide bonds. The summed E-state index contributed by atoms with van der Waals surface area (Å²) in [6.45, 7) is 0. The third-order valence-corrected chi connectivity index (χ3v) is 2.24. The minimum atomic E-state index is -1.35. The second-order valence-electron chi connectivity index (χ2n) is 3.04. The predicted molar refractivity (Wildman–Crippen MR) is 48.7 cm³/mol. The van der Waals surface area contributed by atoms with Crippen molar-refractivity contribution in [3.8, 4) is 0 Å². The minimum absolute atomic E-state index is 0.0527. The summed E-state index contributed by atoms with van der Waals surface area (Å²) in [5, 5.41) is 27.1. The molecule has 15 heavy (non-hydrogen) atoms. The fourth-order valence-corrected chi connectivity index (χ4v) is 1.60. The third-order valence-electron chi connectivity index (χ3n) is 2.24. The van der Waals surface area contributed by atoms with Crippen LogP contribution in [0.25, 0.3) is 5.70 Å². The molecule has 0 aromatic heterocycles. The van der Waals surface area contributed by atoms with Crippen LogP contribution >= 0.6 is 0 Å². The van der Waals surface area contributed by atoms with E-state index in [1.807, 2.05) is 0 Å². The molecule has 0 aliphatic heterocycles. The van der Waals surface area contributed by atoms with Crippen molar-refractivity contribution in [3.05, 3.63) is 46.3 Å². The number of ketones is 1. The first kappa shape index (κ1) is 9.81. The van der Waals surface area contributed by atoms with Crippen LogP contribution in [0.15, 0.2) is 30.0 Å². The van der Waals surface area contributed by atoms with E-state index in [1.165, 1.54) is 6.07 Å². The van der Waals surface area contributed by atoms with Gasteiger partial charge in [0.2, 0.25) is 5.70 Å². The number of carbonyl (C=O) groups excluding carboxylic acids is 1. The molecule has 1 unspecified atom stereocenters. The first-order valence-electron chi connectivity index (χ1n) is 4.18. The van der Waals surface area contributed by atoms with Crippen molar-refractivity contribution in [3.63, 3.8) is 0 Å². The number of allylic oxidation sites excluding steroid dienone is 1. The maximum Gasteiger partial charge on any atom is 0.252 e.